The summed E-state index contributed by atoms with van der Waals surface area (Å²) in [5, 5.41) is 10.4. The minimum Gasteiger partial charge on any atom is -0.438 e. The van der Waals surface area contributed by atoms with E-state index in [-0.39, 0.29) is 29.8 Å². The first-order valence-electron chi connectivity index (χ1n) is 11.3. The van der Waals surface area contributed by atoms with E-state index >= 15 is 0 Å². The highest BCUT2D eigenvalue weighted by atomic mass is 32.2. The van der Waals surface area contributed by atoms with Crippen molar-refractivity contribution >= 4 is 23.6 Å². The van der Waals surface area contributed by atoms with E-state index < -0.39 is 0 Å². The largest absolute Gasteiger partial charge is 0.438 e. The van der Waals surface area contributed by atoms with Crippen LogP contribution in [-0.4, -0.2) is 44.9 Å². The number of nitrogens with one attached hydrogen (secondary N) is 2. The molecule has 9 heteroatoms. The van der Waals surface area contributed by atoms with Crippen LogP contribution >= 0.6 is 11.8 Å². The van der Waals surface area contributed by atoms with Gasteiger partial charge in [0.2, 0.25) is 5.88 Å². The molecule has 3 aromatic rings. The average Bonchev–Trinajstić information content (AvgIpc) is 3.19. The standard InChI is InChI=1S/C25H29N5O3S/c1-16-14-22(29-30(16)2)24(32)28-18-11-9-17(10-12-18)27-23(31)21-8-5-13-26-25(21)33-19-6-4-7-20(15-19)34-3/h4-8,13-15,17-18H,9-12H2,1-3H3,(H,27,31)(H,28,32). The molecule has 0 atom stereocenters. The Morgan fingerprint density at radius 2 is 1.74 bits per heavy atom. The maximum Gasteiger partial charge on any atom is 0.272 e. The van der Waals surface area contributed by atoms with Crippen molar-refractivity contribution in [2.24, 2.45) is 7.05 Å². The van der Waals surface area contributed by atoms with Gasteiger partial charge in [-0.1, -0.05) is 6.07 Å². The molecule has 1 saturated carbocycles. The smallest absolute Gasteiger partial charge is 0.272 e. The summed E-state index contributed by atoms with van der Waals surface area (Å²) < 4.78 is 7.63. The molecule has 1 fully saturated rings. The molecule has 1 aliphatic rings. The number of hydrogen-bond acceptors (Lipinski definition) is 6. The molecule has 4 rings (SSSR count). The molecule has 0 spiro atoms. The number of aromatic nitrogens is 3. The van der Waals surface area contributed by atoms with Crippen LogP contribution in [0.1, 0.15) is 52.2 Å². The summed E-state index contributed by atoms with van der Waals surface area (Å²) in [7, 11) is 1.82. The SMILES string of the molecule is CSc1cccc(Oc2ncccc2C(=O)NC2CCC(NC(=O)c3cc(C)n(C)n3)CC2)c1. The Hall–Kier alpha value is -3.33. The van der Waals surface area contributed by atoms with Crippen molar-refractivity contribution in [2.75, 3.05) is 6.26 Å². The lowest BCUT2D eigenvalue weighted by Gasteiger charge is -2.29. The van der Waals surface area contributed by atoms with E-state index in [2.05, 4.69) is 20.7 Å². The zero-order valence-electron chi connectivity index (χ0n) is 19.6. The van der Waals surface area contributed by atoms with Gasteiger partial charge in [-0.05, 0) is 75.3 Å². The Morgan fingerprint density at radius 1 is 1.03 bits per heavy atom. The highest BCUT2D eigenvalue weighted by molar-refractivity contribution is 7.98. The van der Waals surface area contributed by atoms with Gasteiger partial charge in [-0.15, -0.1) is 11.8 Å². The molecule has 0 saturated heterocycles. The number of rotatable bonds is 7. The predicted octanol–water partition coefficient (Wildman–Crippen LogP) is 4.11. The van der Waals surface area contributed by atoms with Crippen LogP contribution in [0.5, 0.6) is 11.6 Å². The summed E-state index contributed by atoms with van der Waals surface area (Å²) in [6, 6.07) is 13.0. The number of carbonyl (C=O) groups is 2. The maximum absolute atomic E-state index is 13.0. The lowest BCUT2D eigenvalue weighted by molar-refractivity contribution is 0.0887. The second-order valence-electron chi connectivity index (χ2n) is 8.43. The minimum absolute atomic E-state index is 0.0330. The first-order valence-corrected chi connectivity index (χ1v) is 12.5. The van der Waals surface area contributed by atoms with Crippen LogP contribution in [0.4, 0.5) is 0 Å². The van der Waals surface area contributed by atoms with E-state index in [0.29, 0.717) is 17.0 Å². The lowest BCUT2D eigenvalue weighted by Crippen LogP contribution is -2.44. The highest BCUT2D eigenvalue weighted by Crippen LogP contribution is 2.27. The van der Waals surface area contributed by atoms with Gasteiger partial charge in [-0.25, -0.2) is 4.98 Å². The predicted molar refractivity (Wildman–Crippen MR) is 131 cm³/mol. The van der Waals surface area contributed by atoms with Crippen LogP contribution < -0.4 is 15.4 Å². The van der Waals surface area contributed by atoms with Crippen molar-refractivity contribution in [3.63, 3.8) is 0 Å². The number of pyridine rings is 1. The van der Waals surface area contributed by atoms with Gasteiger partial charge in [0.05, 0.1) is 0 Å². The van der Waals surface area contributed by atoms with Crippen molar-refractivity contribution in [1.82, 2.24) is 25.4 Å². The van der Waals surface area contributed by atoms with Crippen molar-refractivity contribution in [2.45, 2.75) is 49.6 Å². The molecule has 1 aromatic carbocycles. The number of thioether (sulfide) groups is 1. The Kier molecular flexibility index (Phi) is 7.52. The van der Waals surface area contributed by atoms with E-state index in [1.54, 1.807) is 40.8 Å². The summed E-state index contributed by atoms with van der Waals surface area (Å²) in [6.45, 7) is 1.91. The van der Waals surface area contributed by atoms with E-state index in [1.165, 1.54) is 0 Å². The Morgan fingerprint density at radius 3 is 2.38 bits per heavy atom. The van der Waals surface area contributed by atoms with E-state index in [9.17, 15) is 9.59 Å². The van der Waals surface area contributed by atoms with Crippen LogP contribution in [0.15, 0.2) is 53.6 Å². The first-order chi connectivity index (χ1) is 16.4. The van der Waals surface area contributed by atoms with E-state index in [1.807, 2.05) is 44.5 Å². The molecule has 2 aromatic heterocycles. The molecule has 2 N–H and O–H groups in total. The fourth-order valence-corrected chi connectivity index (χ4v) is 4.45. The fourth-order valence-electron chi connectivity index (χ4n) is 4.00. The first kappa shape index (κ1) is 23.8. The fraction of sp³-hybridized carbons (Fsp3) is 0.360. The quantitative estimate of drug-likeness (QED) is 0.495. The van der Waals surface area contributed by atoms with Gasteiger partial charge in [0.15, 0.2) is 0 Å². The second kappa shape index (κ2) is 10.7. The zero-order chi connectivity index (χ0) is 24.1. The third-order valence-electron chi connectivity index (χ3n) is 6.02. The molecule has 178 valence electrons. The highest BCUT2D eigenvalue weighted by Gasteiger charge is 2.26. The molecule has 1 aliphatic carbocycles. The Balaban J connectivity index is 1.32. The van der Waals surface area contributed by atoms with Crippen molar-refractivity contribution < 1.29 is 14.3 Å². The number of hydrogen-bond donors (Lipinski definition) is 2. The van der Waals surface area contributed by atoms with Crippen molar-refractivity contribution in [3.05, 3.63) is 65.6 Å². The molecule has 8 nitrogen and oxygen atoms in total. The van der Waals surface area contributed by atoms with Crippen molar-refractivity contribution in [1.29, 1.82) is 0 Å². The third kappa shape index (κ3) is 5.77. The number of carbonyl (C=O) groups excluding carboxylic acids is 2. The third-order valence-corrected chi connectivity index (χ3v) is 6.74. The van der Waals surface area contributed by atoms with Crippen molar-refractivity contribution in [3.8, 4) is 11.6 Å². The van der Waals surface area contributed by atoms with E-state index in [0.717, 1.165) is 36.3 Å². The number of ether oxygens (including phenoxy) is 1. The number of aryl methyl sites for hydroxylation is 2. The molecule has 2 amide bonds. The molecule has 0 aliphatic heterocycles. The van der Waals surface area contributed by atoms with Gasteiger partial charge >= 0.3 is 0 Å². The van der Waals surface area contributed by atoms with Crippen LogP contribution in [0.2, 0.25) is 0 Å². The van der Waals surface area contributed by atoms with Gasteiger partial charge in [0.25, 0.3) is 11.8 Å². The zero-order valence-corrected chi connectivity index (χ0v) is 20.4. The van der Waals surface area contributed by atoms with Crippen LogP contribution in [0, 0.1) is 6.92 Å². The van der Waals surface area contributed by atoms with Gasteiger partial charge in [-0.2, -0.15) is 5.10 Å². The molecule has 0 unspecified atom stereocenters. The number of nitrogens with zero attached hydrogens (tertiary/aromatic N) is 3. The summed E-state index contributed by atoms with van der Waals surface area (Å²) in [5.41, 5.74) is 1.77. The lowest BCUT2D eigenvalue weighted by atomic mass is 9.91. The number of amides is 2. The molecular weight excluding hydrogens is 450 g/mol. The Bertz CT molecular complexity index is 1150. The molecular formula is C25H29N5O3S. The van der Waals surface area contributed by atoms with Gasteiger partial charge in [-0.3, -0.25) is 14.3 Å². The second-order valence-corrected chi connectivity index (χ2v) is 9.31. The summed E-state index contributed by atoms with van der Waals surface area (Å²) in [5.74, 6) is 0.559. The summed E-state index contributed by atoms with van der Waals surface area (Å²) in [6.07, 6.45) is 6.76. The number of benzene rings is 1. The van der Waals surface area contributed by atoms with Gasteiger partial charge < -0.3 is 15.4 Å². The van der Waals surface area contributed by atoms with Gasteiger partial charge in [0.1, 0.15) is 17.0 Å². The maximum atomic E-state index is 13.0. The topological polar surface area (TPSA) is 98.1 Å². The molecule has 2 heterocycles. The summed E-state index contributed by atoms with van der Waals surface area (Å²) >= 11 is 1.62. The molecule has 0 radical (unpaired) electrons. The van der Waals surface area contributed by atoms with Crippen LogP contribution in [0.25, 0.3) is 0 Å². The monoisotopic (exact) mass is 479 g/mol. The van der Waals surface area contributed by atoms with E-state index in [4.69, 9.17) is 4.74 Å². The minimum atomic E-state index is -0.208. The summed E-state index contributed by atoms with van der Waals surface area (Å²) in [4.78, 5) is 30.8. The normalized spacial score (nSPS) is 17.7. The average molecular weight is 480 g/mol. The van der Waals surface area contributed by atoms with Crippen LogP contribution in [-0.2, 0) is 7.05 Å². The van der Waals surface area contributed by atoms with Gasteiger partial charge in [0, 0.05) is 35.9 Å². The Labute approximate surface area is 203 Å². The van der Waals surface area contributed by atoms with Crippen LogP contribution in [0.3, 0.4) is 0 Å². The molecule has 0 bridgehead atoms. The molecule has 34 heavy (non-hydrogen) atoms.